The molecular weight excluding hydrogens is 865 g/mol. The molecule has 12 N–H and O–H groups in total. The molecule has 0 radical (unpaired) electrons. The Balaban J connectivity index is 1.59. The predicted octanol–water partition coefficient (Wildman–Crippen LogP) is 1.95. The summed E-state index contributed by atoms with van der Waals surface area (Å²) in [4.78, 5) is 78.6. The van der Waals surface area contributed by atoms with Crippen LogP contribution in [0.3, 0.4) is 0 Å². The second kappa shape index (κ2) is 21.3. The van der Waals surface area contributed by atoms with Crippen LogP contribution in [0, 0.1) is 18.3 Å². The summed E-state index contributed by atoms with van der Waals surface area (Å²) < 4.78 is 11.9. The second-order valence-electron chi connectivity index (χ2n) is 17.3. The van der Waals surface area contributed by atoms with Gasteiger partial charge in [0.25, 0.3) is 5.91 Å². The van der Waals surface area contributed by atoms with Gasteiger partial charge in [0.1, 0.15) is 54.0 Å². The SMILES string of the molecule is Cc1nc(-c2ccc(C(C)(C)C)cc2C#N)nc(N)c1C(=O)N[C@@H](C)C(=O)N(C)[C@@H]1C(=O)N[C@@H](C)C(=O)N[C@H](C(=O)O)Cc2ccc(OCCCN)c(c2)-c2cc1cc(OC[C@H](O)CN)c2O. The lowest BCUT2D eigenvalue weighted by atomic mass is 9.85. The maximum absolute atomic E-state index is 14.5. The van der Waals surface area contributed by atoms with Crippen molar-refractivity contribution in [2.75, 3.05) is 39.1 Å². The number of aromatic hydroxyl groups is 1. The fraction of sp³-hybridized carbons (Fsp3) is 0.404. The molecule has 20 heteroatoms. The first-order valence-corrected chi connectivity index (χ1v) is 21.5. The van der Waals surface area contributed by atoms with Crippen molar-refractivity contribution in [2.24, 2.45) is 11.5 Å². The molecule has 0 saturated heterocycles. The van der Waals surface area contributed by atoms with Crippen LogP contribution in [0.15, 0.2) is 48.5 Å². The Morgan fingerprint density at radius 1 is 1.00 bits per heavy atom. The van der Waals surface area contributed by atoms with Crippen molar-refractivity contribution < 1.29 is 48.8 Å². The highest BCUT2D eigenvalue weighted by Gasteiger charge is 2.36. The number of benzene rings is 3. The molecule has 3 aromatic carbocycles. The normalized spacial score (nSPS) is 17.1. The lowest BCUT2D eigenvalue weighted by molar-refractivity contribution is -0.143. The van der Waals surface area contributed by atoms with E-state index < -0.39 is 72.2 Å². The Hall–Kier alpha value is -7.34. The molecule has 5 rings (SSSR count). The first-order chi connectivity index (χ1) is 31.6. The number of carbonyl (C=O) groups is 5. The number of nitrogens with two attached hydrogens (primary N) is 3. The van der Waals surface area contributed by atoms with Gasteiger partial charge in [0, 0.05) is 36.7 Å². The summed E-state index contributed by atoms with van der Waals surface area (Å²) in [5.41, 5.74) is 19.8. The summed E-state index contributed by atoms with van der Waals surface area (Å²) in [6, 6.07) is 9.15. The number of hydrogen-bond acceptors (Lipinski definition) is 15. The number of carboxylic acid groups (broad SMARTS) is 1. The molecule has 0 spiro atoms. The van der Waals surface area contributed by atoms with Crippen molar-refractivity contribution in [2.45, 2.75) is 90.1 Å². The number of amides is 4. The molecule has 0 unspecified atom stereocenters. The topological polar surface area (TPSA) is 331 Å². The Bertz CT molecular complexity index is 2570. The average molecular weight is 923 g/mol. The number of phenolic OH excluding ortho intramolecular Hbond substituents is 1. The monoisotopic (exact) mass is 922 g/mol. The third-order valence-corrected chi connectivity index (χ3v) is 11.2. The summed E-state index contributed by atoms with van der Waals surface area (Å²) in [6.45, 7) is 10.1. The molecule has 1 aliphatic rings. The number of fused-ring (bicyclic) bond motifs is 5. The number of carboxylic acids is 1. The molecule has 4 amide bonds. The van der Waals surface area contributed by atoms with Crippen LogP contribution in [-0.4, -0.2) is 117 Å². The summed E-state index contributed by atoms with van der Waals surface area (Å²) in [6.07, 6.45) is -0.923. The van der Waals surface area contributed by atoms with Crippen LogP contribution >= 0.6 is 0 Å². The van der Waals surface area contributed by atoms with E-state index in [2.05, 4.69) is 32.0 Å². The first kappa shape index (κ1) is 50.7. The summed E-state index contributed by atoms with van der Waals surface area (Å²) in [7, 11) is 1.28. The Morgan fingerprint density at radius 3 is 2.34 bits per heavy atom. The van der Waals surface area contributed by atoms with E-state index in [0.29, 0.717) is 29.7 Å². The van der Waals surface area contributed by atoms with Gasteiger partial charge >= 0.3 is 5.97 Å². The molecule has 1 aromatic heterocycles. The zero-order valence-electron chi connectivity index (χ0n) is 38.5. The number of ether oxygens (including phenoxy) is 2. The molecule has 5 atom stereocenters. The number of hydrogen-bond donors (Lipinski definition) is 9. The molecule has 0 fully saturated rings. The van der Waals surface area contributed by atoms with Crippen LogP contribution in [0.1, 0.15) is 85.4 Å². The standard InChI is InChI=1S/C47H58N10O10/c1-23-37(40(51)56-41(52-23)31-11-10-29(47(4,5)6)17-28(31)20-49)43(61)54-25(3)45(63)57(7)38-27-18-33(39(59)36(19-27)67-22-30(58)21-50)32-15-26(9-12-35(32)66-14-8-13-48)16-34(46(64)65)55-42(60)24(2)53-44(38)62/h9-12,15,17-19,24-25,30,34,38,58-59H,8,13-14,16,21-22,48,50H2,1-7H3,(H,53,62)(H,54,61)(H,55,60)(H,64,65)(H2,51,52,56)/t24-,25-,30+,34-,38-/m0/s1. The minimum absolute atomic E-state index is 0.0294. The van der Waals surface area contributed by atoms with Crippen molar-refractivity contribution in [3.63, 3.8) is 0 Å². The molecular formula is C47H58N10O10. The van der Waals surface area contributed by atoms with Crippen LogP contribution in [0.4, 0.5) is 5.82 Å². The van der Waals surface area contributed by atoms with Crippen LogP contribution < -0.4 is 42.6 Å². The number of nitrogen functional groups attached to an aromatic ring is 1. The second-order valence-corrected chi connectivity index (χ2v) is 17.3. The largest absolute Gasteiger partial charge is 0.504 e. The Labute approximate surface area is 387 Å². The molecule has 356 valence electrons. The van der Waals surface area contributed by atoms with E-state index in [-0.39, 0.29) is 76.1 Å². The van der Waals surface area contributed by atoms with Crippen molar-refractivity contribution in [3.8, 4) is 45.8 Å². The van der Waals surface area contributed by atoms with E-state index in [0.717, 1.165) is 10.5 Å². The maximum atomic E-state index is 14.5. The minimum atomic E-state index is -1.63. The van der Waals surface area contributed by atoms with Crippen LogP contribution in [0.5, 0.6) is 17.2 Å². The number of aliphatic hydroxyl groups excluding tert-OH is 1. The summed E-state index contributed by atoms with van der Waals surface area (Å²) in [5, 5.41) is 49.9. The van der Waals surface area contributed by atoms with Crippen molar-refractivity contribution in [3.05, 3.63) is 82.0 Å². The highest BCUT2D eigenvalue weighted by molar-refractivity contribution is 6.02. The molecule has 0 aliphatic carbocycles. The number of aromatic nitrogens is 2. The lowest BCUT2D eigenvalue weighted by Gasteiger charge is -2.32. The number of nitriles is 1. The number of aliphatic hydroxyl groups is 1. The third-order valence-electron chi connectivity index (χ3n) is 11.2. The van der Waals surface area contributed by atoms with E-state index >= 15 is 0 Å². The van der Waals surface area contributed by atoms with Gasteiger partial charge in [0.15, 0.2) is 17.3 Å². The molecule has 2 heterocycles. The van der Waals surface area contributed by atoms with Gasteiger partial charge in [-0.25, -0.2) is 14.8 Å². The molecule has 4 bridgehead atoms. The van der Waals surface area contributed by atoms with E-state index in [4.69, 9.17) is 26.7 Å². The third kappa shape index (κ3) is 11.7. The van der Waals surface area contributed by atoms with Gasteiger partial charge in [-0.05, 0) is 92.2 Å². The van der Waals surface area contributed by atoms with Gasteiger partial charge in [0.05, 0.1) is 23.9 Å². The number of phenols is 1. The molecule has 0 saturated carbocycles. The van der Waals surface area contributed by atoms with Crippen LogP contribution in [0.25, 0.3) is 22.5 Å². The minimum Gasteiger partial charge on any atom is -0.504 e. The quantitative estimate of drug-likeness (QED) is 0.0816. The van der Waals surface area contributed by atoms with E-state index in [1.807, 2.05) is 26.8 Å². The van der Waals surface area contributed by atoms with Gasteiger partial charge in [-0.3, -0.25) is 19.2 Å². The molecule has 4 aromatic rings. The van der Waals surface area contributed by atoms with Gasteiger partial charge < -0.3 is 62.8 Å². The summed E-state index contributed by atoms with van der Waals surface area (Å²) >= 11 is 0. The zero-order chi connectivity index (χ0) is 49.5. The summed E-state index contributed by atoms with van der Waals surface area (Å²) in [5.74, 6) is -5.33. The van der Waals surface area contributed by atoms with E-state index in [9.17, 15) is 44.6 Å². The first-order valence-electron chi connectivity index (χ1n) is 21.5. The highest BCUT2D eigenvalue weighted by atomic mass is 16.5. The highest BCUT2D eigenvalue weighted by Crippen LogP contribution is 2.45. The molecule has 1 aliphatic heterocycles. The van der Waals surface area contributed by atoms with Crippen LogP contribution in [-0.2, 0) is 31.0 Å². The number of nitrogens with zero attached hydrogens (tertiary/aromatic N) is 4. The van der Waals surface area contributed by atoms with Gasteiger partial charge in [-0.2, -0.15) is 5.26 Å². The number of likely N-dealkylation sites (N-methyl/N-ethyl adjacent to an activating group) is 1. The smallest absolute Gasteiger partial charge is 0.326 e. The average Bonchev–Trinajstić information content (AvgIpc) is 3.27. The number of aryl methyl sites for hydroxylation is 1. The van der Waals surface area contributed by atoms with Crippen molar-refractivity contribution in [1.82, 2.24) is 30.8 Å². The predicted molar refractivity (Wildman–Crippen MR) is 247 cm³/mol. The fourth-order valence-corrected chi connectivity index (χ4v) is 7.36. The number of anilines is 1. The zero-order valence-corrected chi connectivity index (χ0v) is 38.5. The van der Waals surface area contributed by atoms with Crippen molar-refractivity contribution >= 4 is 35.4 Å². The Morgan fingerprint density at radius 2 is 1.72 bits per heavy atom. The van der Waals surface area contributed by atoms with E-state index in [1.165, 1.54) is 40.0 Å². The molecule has 67 heavy (non-hydrogen) atoms. The van der Waals surface area contributed by atoms with E-state index in [1.54, 1.807) is 30.3 Å². The van der Waals surface area contributed by atoms with Gasteiger partial charge in [0.2, 0.25) is 17.7 Å². The number of nitrogens with one attached hydrogen (secondary N) is 3. The molecule has 20 nitrogen and oxygen atoms in total. The van der Waals surface area contributed by atoms with Crippen molar-refractivity contribution in [1.29, 1.82) is 5.26 Å². The van der Waals surface area contributed by atoms with Crippen LogP contribution in [0.2, 0.25) is 0 Å². The lowest BCUT2D eigenvalue weighted by Crippen LogP contribution is -2.54. The Kier molecular flexibility index (Phi) is 16.1. The maximum Gasteiger partial charge on any atom is 0.326 e. The van der Waals surface area contributed by atoms with Gasteiger partial charge in [-0.15, -0.1) is 0 Å². The number of carbonyl (C=O) groups excluding carboxylic acids is 4. The fourth-order valence-electron chi connectivity index (χ4n) is 7.36. The number of aliphatic carboxylic acids is 1. The number of rotatable bonds is 14. The van der Waals surface area contributed by atoms with Gasteiger partial charge in [-0.1, -0.05) is 32.9 Å².